The fourth-order valence-corrected chi connectivity index (χ4v) is 4.59. The molecule has 1 aromatic heterocycles. The quantitative estimate of drug-likeness (QED) is 0.446. The van der Waals surface area contributed by atoms with Gasteiger partial charge in [-0.05, 0) is 30.5 Å². The van der Waals surface area contributed by atoms with Gasteiger partial charge in [-0.25, -0.2) is 4.98 Å². The first-order valence-corrected chi connectivity index (χ1v) is 10.9. The fourth-order valence-electron chi connectivity index (χ4n) is 2.86. The Kier molecular flexibility index (Phi) is 8.82. The fraction of sp³-hybridized carbons (Fsp3) is 0.550. The van der Waals surface area contributed by atoms with E-state index in [0.29, 0.717) is 22.4 Å². The lowest BCUT2D eigenvalue weighted by atomic mass is 10.1. The molecule has 26 heavy (non-hydrogen) atoms. The van der Waals surface area contributed by atoms with Crippen LogP contribution in [0.4, 0.5) is 0 Å². The number of benzene rings is 1. The number of hydrogen-bond donors (Lipinski definition) is 1. The Bertz CT molecular complexity index is 716. The van der Waals surface area contributed by atoms with Gasteiger partial charge in [0.15, 0.2) is 0 Å². The maximum atomic E-state index is 9.46. The summed E-state index contributed by atoms with van der Waals surface area (Å²) in [4.78, 5) is 5.79. The van der Waals surface area contributed by atoms with Crippen molar-refractivity contribution in [1.29, 1.82) is 0 Å². The molecule has 0 aliphatic heterocycles. The van der Waals surface area contributed by atoms with Gasteiger partial charge in [0.25, 0.3) is 0 Å². The van der Waals surface area contributed by atoms with Gasteiger partial charge in [0.05, 0.1) is 17.3 Å². The second kappa shape index (κ2) is 10.6. The number of aliphatic hydroxyl groups is 1. The van der Waals surface area contributed by atoms with E-state index in [9.17, 15) is 5.11 Å². The number of rotatable bonds is 10. The molecule has 2 rings (SSSR count). The highest BCUT2D eigenvalue weighted by Gasteiger charge is 2.21. The minimum Gasteiger partial charge on any atom is -0.396 e. The van der Waals surface area contributed by atoms with Crippen molar-refractivity contribution in [3.05, 3.63) is 39.8 Å². The van der Waals surface area contributed by atoms with Crippen molar-refractivity contribution >= 4 is 35.0 Å². The van der Waals surface area contributed by atoms with E-state index < -0.39 is 0 Å². The lowest BCUT2D eigenvalue weighted by molar-refractivity contribution is 0.293. The molecule has 6 heteroatoms. The normalized spacial score (nSPS) is 11.5. The lowest BCUT2D eigenvalue weighted by Gasteiger charge is -2.14. The van der Waals surface area contributed by atoms with Crippen molar-refractivity contribution in [3.8, 4) is 0 Å². The molecule has 0 aliphatic rings. The number of aromatic nitrogens is 2. The first kappa shape index (κ1) is 21.6. The van der Waals surface area contributed by atoms with E-state index in [4.69, 9.17) is 28.2 Å². The molecule has 2 aromatic rings. The first-order valence-electron chi connectivity index (χ1n) is 9.31. The molecule has 0 atom stereocenters. The Labute approximate surface area is 171 Å². The Morgan fingerprint density at radius 1 is 1.19 bits per heavy atom. The van der Waals surface area contributed by atoms with Crippen LogP contribution in [0, 0.1) is 0 Å². The van der Waals surface area contributed by atoms with E-state index in [1.165, 1.54) is 19.3 Å². The Morgan fingerprint density at radius 3 is 2.62 bits per heavy atom. The molecule has 0 spiro atoms. The Morgan fingerprint density at radius 2 is 1.96 bits per heavy atom. The summed E-state index contributed by atoms with van der Waals surface area (Å²) in [5.74, 6) is 1.25. The molecule has 1 aromatic carbocycles. The van der Waals surface area contributed by atoms with Crippen molar-refractivity contribution in [2.75, 3.05) is 6.61 Å². The maximum absolute atomic E-state index is 9.46. The SMILES string of the molecule is CCCCCCn1c(CCO)nc(C(C)C)c1Sc1cc(Cl)ccc1Cl. The number of halogens is 2. The molecule has 0 saturated carbocycles. The van der Waals surface area contributed by atoms with Crippen molar-refractivity contribution < 1.29 is 5.11 Å². The average molecular weight is 415 g/mol. The van der Waals surface area contributed by atoms with Gasteiger partial charge >= 0.3 is 0 Å². The second-order valence-corrected chi connectivity index (χ2v) is 8.61. The standard InChI is InChI=1S/C20H28Cl2N2OS/c1-4-5-6-7-11-24-18(10-12-25)23-19(14(2)3)20(24)26-17-13-15(21)8-9-16(17)22/h8-9,13-14,25H,4-7,10-12H2,1-3H3. The van der Waals surface area contributed by atoms with E-state index >= 15 is 0 Å². The van der Waals surface area contributed by atoms with Crippen LogP contribution in [0.15, 0.2) is 28.1 Å². The predicted molar refractivity (Wildman–Crippen MR) is 112 cm³/mol. The maximum Gasteiger partial charge on any atom is 0.112 e. The third kappa shape index (κ3) is 5.66. The van der Waals surface area contributed by atoms with Gasteiger partial charge in [-0.15, -0.1) is 0 Å². The summed E-state index contributed by atoms with van der Waals surface area (Å²) in [5, 5.41) is 11.9. The highest BCUT2D eigenvalue weighted by atomic mass is 35.5. The van der Waals surface area contributed by atoms with Crippen LogP contribution in [0.5, 0.6) is 0 Å². The zero-order chi connectivity index (χ0) is 19.1. The number of nitrogens with zero attached hydrogens (tertiary/aromatic N) is 2. The van der Waals surface area contributed by atoms with Crippen LogP contribution < -0.4 is 0 Å². The third-order valence-electron chi connectivity index (χ3n) is 4.24. The monoisotopic (exact) mass is 414 g/mol. The van der Waals surface area contributed by atoms with Gasteiger partial charge in [-0.3, -0.25) is 0 Å². The number of hydrogen-bond acceptors (Lipinski definition) is 3. The van der Waals surface area contributed by atoms with Crippen LogP contribution in [0.2, 0.25) is 10.0 Å². The summed E-state index contributed by atoms with van der Waals surface area (Å²) in [6.07, 6.45) is 5.33. The molecule has 1 heterocycles. The summed E-state index contributed by atoms with van der Waals surface area (Å²) in [5.41, 5.74) is 1.06. The molecular formula is C20H28Cl2N2OS. The number of imidazole rings is 1. The summed E-state index contributed by atoms with van der Waals surface area (Å²) in [7, 11) is 0. The van der Waals surface area contributed by atoms with E-state index in [2.05, 4.69) is 25.3 Å². The molecule has 0 fully saturated rings. The van der Waals surface area contributed by atoms with E-state index in [1.807, 2.05) is 12.1 Å². The molecule has 3 nitrogen and oxygen atoms in total. The minimum atomic E-state index is 0.103. The first-order chi connectivity index (χ1) is 12.5. The van der Waals surface area contributed by atoms with Gasteiger partial charge in [-0.1, -0.05) is 75.0 Å². The molecule has 0 amide bonds. The Balaban J connectivity index is 2.40. The minimum absolute atomic E-state index is 0.103. The van der Waals surface area contributed by atoms with Crippen molar-refractivity contribution in [2.24, 2.45) is 0 Å². The zero-order valence-corrected chi connectivity index (χ0v) is 18.1. The molecular weight excluding hydrogens is 387 g/mol. The summed E-state index contributed by atoms with van der Waals surface area (Å²) in [6, 6.07) is 5.53. The van der Waals surface area contributed by atoms with Crippen LogP contribution >= 0.6 is 35.0 Å². The summed E-state index contributed by atoms with van der Waals surface area (Å²) < 4.78 is 2.27. The molecule has 0 aliphatic carbocycles. The molecule has 0 saturated heterocycles. The highest BCUT2D eigenvalue weighted by Crippen LogP contribution is 2.39. The van der Waals surface area contributed by atoms with Crippen molar-refractivity contribution in [3.63, 3.8) is 0 Å². The molecule has 0 unspecified atom stereocenters. The molecule has 144 valence electrons. The van der Waals surface area contributed by atoms with Crippen LogP contribution in [0.1, 0.15) is 63.9 Å². The zero-order valence-electron chi connectivity index (χ0n) is 15.8. The topological polar surface area (TPSA) is 38.0 Å². The number of aliphatic hydroxyl groups excluding tert-OH is 1. The van der Waals surface area contributed by atoms with Gasteiger partial charge in [0.2, 0.25) is 0 Å². The largest absolute Gasteiger partial charge is 0.396 e. The average Bonchev–Trinajstić information content (AvgIpc) is 2.93. The molecule has 0 radical (unpaired) electrons. The number of unbranched alkanes of at least 4 members (excludes halogenated alkanes) is 3. The van der Waals surface area contributed by atoms with Crippen LogP contribution in [0.25, 0.3) is 0 Å². The van der Waals surface area contributed by atoms with Crippen LogP contribution in [-0.2, 0) is 13.0 Å². The van der Waals surface area contributed by atoms with Gasteiger partial charge in [0, 0.05) is 22.9 Å². The van der Waals surface area contributed by atoms with Crippen LogP contribution in [-0.4, -0.2) is 21.3 Å². The lowest BCUT2D eigenvalue weighted by Crippen LogP contribution is -2.07. The molecule has 1 N–H and O–H groups in total. The van der Waals surface area contributed by atoms with E-state index in [0.717, 1.165) is 34.4 Å². The third-order valence-corrected chi connectivity index (χ3v) is 6.10. The highest BCUT2D eigenvalue weighted by molar-refractivity contribution is 7.99. The predicted octanol–water partition coefficient (Wildman–Crippen LogP) is 6.58. The van der Waals surface area contributed by atoms with Gasteiger partial charge < -0.3 is 9.67 Å². The second-order valence-electron chi connectivity index (χ2n) is 6.74. The van der Waals surface area contributed by atoms with Crippen molar-refractivity contribution in [1.82, 2.24) is 9.55 Å². The molecule has 0 bridgehead atoms. The van der Waals surface area contributed by atoms with Gasteiger partial charge in [-0.2, -0.15) is 0 Å². The van der Waals surface area contributed by atoms with E-state index in [-0.39, 0.29) is 6.61 Å². The van der Waals surface area contributed by atoms with Gasteiger partial charge in [0.1, 0.15) is 10.9 Å². The smallest absolute Gasteiger partial charge is 0.112 e. The van der Waals surface area contributed by atoms with E-state index in [1.54, 1.807) is 17.8 Å². The van der Waals surface area contributed by atoms with Crippen molar-refractivity contribution in [2.45, 2.75) is 75.3 Å². The Hall–Kier alpha value is -0.680. The van der Waals surface area contributed by atoms with Crippen LogP contribution in [0.3, 0.4) is 0 Å². The summed E-state index contributed by atoms with van der Waals surface area (Å²) >= 11 is 14.2. The summed E-state index contributed by atoms with van der Waals surface area (Å²) in [6.45, 7) is 7.53.